The van der Waals surface area contributed by atoms with Gasteiger partial charge in [0.1, 0.15) is 5.76 Å². The van der Waals surface area contributed by atoms with Gasteiger partial charge in [0.15, 0.2) is 0 Å². The van der Waals surface area contributed by atoms with Gasteiger partial charge in [-0.25, -0.2) is 13.1 Å². The first-order chi connectivity index (χ1) is 11.6. The lowest BCUT2D eigenvalue weighted by Gasteiger charge is -2.33. The normalized spacial score (nSPS) is 17.7. The number of halogens is 1. The minimum atomic E-state index is -3.54. The molecule has 1 saturated heterocycles. The summed E-state index contributed by atoms with van der Waals surface area (Å²) >= 11 is 3.32. The third-order valence-corrected chi connectivity index (χ3v) is 6.26. The van der Waals surface area contributed by atoms with Crippen LogP contribution in [0.4, 0.5) is 0 Å². The molecular weight excluding hydrogens is 392 g/mol. The Morgan fingerprint density at radius 1 is 1.12 bits per heavy atom. The van der Waals surface area contributed by atoms with Gasteiger partial charge in [-0.05, 0) is 62.3 Å². The largest absolute Gasteiger partial charge is 0.468 e. The van der Waals surface area contributed by atoms with E-state index in [1.165, 1.54) is 6.42 Å². The molecule has 0 amide bonds. The van der Waals surface area contributed by atoms with Crippen molar-refractivity contribution >= 4 is 26.0 Å². The molecule has 1 N–H and O–H groups in total. The van der Waals surface area contributed by atoms with Gasteiger partial charge in [0.2, 0.25) is 10.0 Å². The van der Waals surface area contributed by atoms with Crippen molar-refractivity contribution in [1.82, 2.24) is 9.62 Å². The van der Waals surface area contributed by atoms with E-state index in [0.717, 1.165) is 36.2 Å². The van der Waals surface area contributed by atoms with Gasteiger partial charge in [0, 0.05) is 11.0 Å². The Balaban J connectivity index is 1.74. The summed E-state index contributed by atoms with van der Waals surface area (Å²) in [6.07, 6.45) is 5.13. The zero-order valence-electron chi connectivity index (χ0n) is 13.3. The van der Waals surface area contributed by atoms with Crippen LogP contribution in [0.5, 0.6) is 0 Å². The summed E-state index contributed by atoms with van der Waals surface area (Å²) < 4.78 is 34.2. The maximum absolute atomic E-state index is 12.5. The van der Waals surface area contributed by atoms with Crippen LogP contribution in [-0.2, 0) is 10.0 Å². The van der Waals surface area contributed by atoms with Crippen LogP contribution < -0.4 is 4.72 Å². The topological polar surface area (TPSA) is 62.6 Å². The average Bonchev–Trinajstić information content (AvgIpc) is 3.11. The van der Waals surface area contributed by atoms with E-state index in [2.05, 4.69) is 25.6 Å². The summed E-state index contributed by atoms with van der Waals surface area (Å²) in [5.41, 5.74) is 0. The Labute approximate surface area is 151 Å². The molecule has 130 valence electrons. The van der Waals surface area contributed by atoms with Crippen LogP contribution in [0.1, 0.15) is 31.1 Å². The van der Waals surface area contributed by atoms with Gasteiger partial charge in [-0.2, -0.15) is 0 Å². The number of nitrogens with zero attached hydrogens (tertiary/aromatic N) is 1. The molecule has 1 fully saturated rings. The van der Waals surface area contributed by atoms with Crippen LogP contribution in [0.3, 0.4) is 0 Å². The number of furan rings is 1. The van der Waals surface area contributed by atoms with Gasteiger partial charge in [0.05, 0.1) is 17.2 Å². The fourth-order valence-corrected chi connectivity index (χ4v) is 4.31. The molecule has 1 unspecified atom stereocenters. The van der Waals surface area contributed by atoms with E-state index in [4.69, 9.17) is 4.42 Å². The summed E-state index contributed by atoms with van der Waals surface area (Å²) in [5, 5.41) is 0. The first-order valence-corrected chi connectivity index (χ1v) is 10.4. The number of piperidine rings is 1. The first kappa shape index (κ1) is 17.7. The number of likely N-dealkylation sites (tertiary alicyclic amines) is 1. The maximum Gasteiger partial charge on any atom is 0.240 e. The second-order valence-corrected chi connectivity index (χ2v) is 8.62. The lowest BCUT2D eigenvalue weighted by molar-refractivity contribution is 0.147. The second kappa shape index (κ2) is 7.82. The zero-order chi connectivity index (χ0) is 17.0. The zero-order valence-corrected chi connectivity index (χ0v) is 15.7. The molecule has 2 heterocycles. The molecule has 5 nitrogen and oxygen atoms in total. The molecule has 0 spiro atoms. The summed E-state index contributed by atoms with van der Waals surface area (Å²) in [6, 6.07) is 10.3. The molecule has 24 heavy (non-hydrogen) atoms. The van der Waals surface area contributed by atoms with Crippen molar-refractivity contribution in [3.05, 3.63) is 52.9 Å². The Kier molecular flexibility index (Phi) is 5.76. The van der Waals surface area contributed by atoms with Crippen molar-refractivity contribution < 1.29 is 12.8 Å². The standard InChI is InChI=1S/C17H21BrN2O3S/c18-14-6-8-15(9-7-14)24(21,22)19-13-16(17-5-4-12-23-17)20-10-2-1-3-11-20/h4-9,12,16,19H,1-3,10-11,13H2. The molecule has 1 aliphatic heterocycles. The van der Waals surface area contributed by atoms with E-state index in [1.807, 2.05) is 12.1 Å². The van der Waals surface area contributed by atoms with Crippen molar-refractivity contribution in [3.8, 4) is 0 Å². The first-order valence-electron chi connectivity index (χ1n) is 8.09. The number of nitrogens with one attached hydrogen (secondary N) is 1. The fraction of sp³-hybridized carbons (Fsp3) is 0.412. The lowest BCUT2D eigenvalue weighted by atomic mass is 10.1. The SMILES string of the molecule is O=S(=O)(NCC(c1ccco1)N1CCCCC1)c1ccc(Br)cc1. The lowest BCUT2D eigenvalue weighted by Crippen LogP contribution is -2.40. The summed E-state index contributed by atoms with van der Waals surface area (Å²) in [5.74, 6) is 0.801. The van der Waals surface area contributed by atoms with Crippen molar-refractivity contribution in [2.75, 3.05) is 19.6 Å². The third kappa shape index (κ3) is 4.27. The predicted molar refractivity (Wildman–Crippen MR) is 96.2 cm³/mol. The number of sulfonamides is 1. The quantitative estimate of drug-likeness (QED) is 0.787. The third-order valence-electron chi connectivity index (χ3n) is 4.29. The summed E-state index contributed by atoms with van der Waals surface area (Å²) in [7, 11) is -3.54. The molecule has 0 saturated carbocycles. The van der Waals surface area contributed by atoms with Crippen molar-refractivity contribution in [2.45, 2.75) is 30.2 Å². The van der Waals surface area contributed by atoms with Crippen LogP contribution in [0.25, 0.3) is 0 Å². The molecule has 7 heteroatoms. The van der Waals surface area contributed by atoms with Crippen molar-refractivity contribution in [1.29, 1.82) is 0 Å². The highest BCUT2D eigenvalue weighted by molar-refractivity contribution is 9.10. The second-order valence-electron chi connectivity index (χ2n) is 5.93. The molecule has 3 rings (SSSR count). The Morgan fingerprint density at radius 2 is 1.83 bits per heavy atom. The maximum atomic E-state index is 12.5. The highest BCUT2D eigenvalue weighted by Crippen LogP contribution is 2.25. The van der Waals surface area contributed by atoms with Crippen LogP contribution in [0.2, 0.25) is 0 Å². The van der Waals surface area contributed by atoms with Crippen LogP contribution in [-0.4, -0.2) is 33.0 Å². The minimum absolute atomic E-state index is 0.0782. The van der Waals surface area contributed by atoms with E-state index in [-0.39, 0.29) is 10.9 Å². The van der Waals surface area contributed by atoms with Crippen LogP contribution in [0.15, 0.2) is 56.4 Å². The van der Waals surface area contributed by atoms with Crippen molar-refractivity contribution in [2.24, 2.45) is 0 Å². The number of hydrogen-bond acceptors (Lipinski definition) is 4. The molecule has 1 aromatic heterocycles. The molecule has 0 radical (unpaired) electrons. The molecule has 1 aliphatic rings. The number of benzene rings is 1. The molecular formula is C17H21BrN2O3S. The molecule has 1 aromatic carbocycles. The van der Waals surface area contributed by atoms with Crippen LogP contribution in [0, 0.1) is 0 Å². The smallest absolute Gasteiger partial charge is 0.240 e. The number of rotatable bonds is 6. The average molecular weight is 413 g/mol. The fourth-order valence-electron chi connectivity index (χ4n) is 3.01. The van der Waals surface area contributed by atoms with Crippen LogP contribution >= 0.6 is 15.9 Å². The van der Waals surface area contributed by atoms with E-state index in [9.17, 15) is 8.42 Å². The number of hydrogen-bond donors (Lipinski definition) is 1. The van der Waals surface area contributed by atoms with E-state index >= 15 is 0 Å². The monoisotopic (exact) mass is 412 g/mol. The highest BCUT2D eigenvalue weighted by atomic mass is 79.9. The minimum Gasteiger partial charge on any atom is -0.468 e. The molecule has 2 aromatic rings. The van der Waals surface area contributed by atoms with Gasteiger partial charge in [-0.15, -0.1) is 0 Å². The summed E-state index contributed by atoms with van der Waals surface area (Å²) in [4.78, 5) is 2.56. The van der Waals surface area contributed by atoms with E-state index in [1.54, 1.807) is 30.5 Å². The van der Waals surface area contributed by atoms with Gasteiger partial charge >= 0.3 is 0 Å². The van der Waals surface area contributed by atoms with Gasteiger partial charge in [0.25, 0.3) is 0 Å². The summed E-state index contributed by atoms with van der Waals surface area (Å²) in [6.45, 7) is 2.22. The van der Waals surface area contributed by atoms with Crippen molar-refractivity contribution in [3.63, 3.8) is 0 Å². The van der Waals surface area contributed by atoms with Gasteiger partial charge in [-0.3, -0.25) is 4.90 Å². The molecule has 0 aliphatic carbocycles. The Bertz CT molecular complexity index is 739. The van der Waals surface area contributed by atoms with E-state index < -0.39 is 10.0 Å². The van der Waals surface area contributed by atoms with Gasteiger partial charge < -0.3 is 4.42 Å². The Hall–Kier alpha value is -1.15. The molecule has 0 bridgehead atoms. The molecule has 1 atom stereocenters. The van der Waals surface area contributed by atoms with Gasteiger partial charge in [-0.1, -0.05) is 22.4 Å². The Morgan fingerprint density at radius 3 is 2.46 bits per heavy atom. The van der Waals surface area contributed by atoms with E-state index in [0.29, 0.717) is 6.54 Å². The predicted octanol–water partition coefficient (Wildman–Crippen LogP) is 3.55. The highest BCUT2D eigenvalue weighted by Gasteiger charge is 2.26.